The quantitative estimate of drug-likeness (QED) is 0.850. The van der Waals surface area contributed by atoms with Gasteiger partial charge in [-0.15, -0.1) is 15.3 Å². The second-order valence-electron chi connectivity index (χ2n) is 5.19. The third-order valence-electron chi connectivity index (χ3n) is 2.49. The molecule has 102 valence electrons. The van der Waals surface area contributed by atoms with Gasteiger partial charge >= 0.3 is 0 Å². The van der Waals surface area contributed by atoms with Gasteiger partial charge in [0, 0.05) is 12.5 Å². The molecule has 0 atom stereocenters. The zero-order valence-corrected chi connectivity index (χ0v) is 13.1. The largest absolute Gasteiger partial charge is 0.285 e. The van der Waals surface area contributed by atoms with Crippen molar-refractivity contribution in [1.29, 1.82) is 0 Å². The van der Waals surface area contributed by atoms with Crippen molar-refractivity contribution in [2.75, 3.05) is 11.9 Å². The Balaban J connectivity index is 2.25. The third kappa shape index (κ3) is 2.79. The van der Waals surface area contributed by atoms with Crippen LogP contribution in [0.2, 0.25) is 0 Å². The molecule has 0 spiro atoms. The Labute approximate surface area is 119 Å². The van der Waals surface area contributed by atoms with Gasteiger partial charge in [-0.2, -0.15) is 0 Å². The minimum Gasteiger partial charge on any atom is -0.285 e. The molecule has 0 N–H and O–H groups in total. The van der Waals surface area contributed by atoms with E-state index in [1.165, 1.54) is 16.2 Å². The normalized spacial score (nSPS) is 11.6. The second-order valence-corrected chi connectivity index (χ2v) is 6.90. The summed E-state index contributed by atoms with van der Waals surface area (Å²) in [4.78, 5) is 14.3. The van der Waals surface area contributed by atoms with Crippen LogP contribution in [0, 0.1) is 6.92 Å². The Bertz CT molecular complexity index is 598. The lowest BCUT2D eigenvalue weighted by Gasteiger charge is -2.13. The maximum Gasteiger partial charge on any atom is 0.273 e. The molecule has 2 heterocycles. The molecule has 2 aromatic heterocycles. The molecule has 0 aliphatic carbocycles. The molecular formula is C11H15N5OS2. The van der Waals surface area contributed by atoms with Crippen LogP contribution in [0.1, 0.15) is 41.1 Å². The number of rotatable bonds is 2. The predicted octanol–water partition coefficient (Wildman–Crippen LogP) is 2.27. The predicted molar refractivity (Wildman–Crippen MR) is 76.0 cm³/mol. The number of amides is 1. The molecule has 0 radical (unpaired) electrons. The summed E-state index contributed by atoms with van der Waals surface area (Å²) in [6, 6.07) is 0. The van der Waals surface area contributed by atoms with E-state index in [0.717, 1.165) is 16.5 Å². The van der Waals surface area contributed by atoms with Gasteiger partial charge < -0.3 is 0 Å². The Morgan fingerprint density at radius 1 is 1.21 bits per heavy atom. The fraction of sp³-hybridized carbons (Fsp3) is 0.545. The summed E-state index contributed by atoms with van der Waals surface area (Å²) in [6.45, 7) is 7.97. The number of aryl methyl sites for hydroxylation is 1. The fourth-order valence-corrected chi connectivity index (χ4v) is 2.82. The smallest absolute Gasteiger partial charge is 0.273 e. The topological polar surface area (TPSA) is 71.9 Å². The summed E-state index contributed by atoms with van der Waals surface area (Å²) in [5.74, 6) is -0.149. The third-order valence-corrected chi connectivity index (χ3v) is 4.73. The summed E-state index contributed by atoms with van der Waals surface area (Å²) < 4.78 is 3.77. The van der Waals surface area contributed by atoms with E-state index in [0.29, 0.717) is 15.7 Å². The highest BCUT2D eigenvalue weighted by atomic mass is 32.1. The molecule has 0 unspecified atom stereocenters. The summed E-state index contributed by atoms with van der Waals surface area (Å²) in [7, 11) is 1.69. The van der Waals surface area contributed by atoms with Crippen LogP contribution in [0.4, 0.5) is 5.13 Å². The molecule has 19 heavy (non-hydrogen) atoms. The molecule has 0 bridgehead atoms. The van der Waals surface area contributed by atoms with Crippen LogP contribution in [0.5, 0.6) is 0 Å². The zero-order chi connectivity index (χ0) is 14.2. The molecule has 0 aliphatic rings. The number of nitrogens with zero attached hydrogens (tertiary/aromatic N) is 5. The minimum atomic E-state index is -0.149. The minimum absolute atomic E-state index is 0.0677. The number of hydrogen-bond donors (Lipinski definition) is 0. The number of carbonyl (C=O) groups excluding carboxylic acids is 1. The lowest BCUT2D eigenvalue weighted by molar-refractivity contribution is 0.0996. The van der Waals surface area contributed by atoms with Crippen LogP contribution in [0.25, 0.3) is 0 Å². The van der Waals surface area contributed by atoms with Crippen molar-refractivity contribution in [2.45, 2.75) is 33.1 Å². The van der Waals surface area contributed by atoms with E-state index in [4.69, 9.17) is 0 Å². The molecule has 2 aromatic rings. The zero-order valence-electron chi connectivity index (χ0n) is 11.5. The molecule has 0 aliphatic heterocycles. The number of anilines is 1. The number of hydrogen-bond acceptors (Lipinski definition) is 7. The van der Waals surface area contributed by atoms with Crippen molar-refractivity contribution in [1.82, 2.24) is 19.8 Å². The maximum atomic E-state index is 12.3. The van der Waals surface area contributed by atoms with Crippen molar-refractivity contribution in [3.8, 4) is 0 Å². The van der Waals surface area contributed by atoms with Crippen molar-refractivity contribution < 1.29 is 4.79 Å². The Kier molecular flexibility index (Phi) is 3.64. The van der Waals surface area contributed by atoms with E-state index in [1.807, 2.05) is 0 Å². The highest BCUT2D eigenvalue weighted by molar-refractivity contribution is 7.15. The first-order valence-electron chi connectivity index (χ1n) is 5.71. The average molecular weight is 297 g/mol. The SMILES string of the molecule is Cc1nnsc1C(=O)N(C)c1nnc(C(C)(C)C)s1. The van der Waals surface area contributed by atoms with Crippen LogP contribution in [0.15, 0.2) is 0 Å². The standard InChI is InChI=1S/C11H15N5OS2/c1-6-7(19-15-12-6)8(17)16(5)10-14-13-9(18-10)11(2,3)4/h1-5H3. The van der Waals surface area contributed by atoms with Gasteiger partial charge in [-0.1, -0.05) is 36.6 Å². The van der Waals surface area contributed by atoms with Crippen molar-refractivity contribution in [3.63, 3.8) is 0 Å². The number of carbonyl (C=O) groups is 1. The van der Waals surface area contributed by atoms with Crippen LogP contribution in [-0.4, -0.2) is 32.7 Å². The lowest BCUT2D eigenvalue weighted by Crippen LogP contribution is -2.25. The van der Waals surface area contributed by atoms with Crippen LogP contribution < -0.4 is 4.90 Å². The molecule has 0 saturated heterocycles. The first-order valence-corrected chi connectivity index (χ1v) is 7.30. The van der Waals surface area contributed by atoms with Gasteiger partial charge in [0.05, 0.1) is 5.69 Å². The van der Waals surface area contributed by atoms with E-state index in [9.17, 15) is 4.79 Å². The van der Waals surface area contributed by atoms with Gasteiger partial charge in [0.25, 0.3) is 5.91 Å². The maximum absolute atomic E-state index is 12.3. The Morgan fingerprint density at radius 3 is 2.37 bits per heavy atom. The van der Waals surface area contributed by atoms with Crippen molar-refractivity contribution in [2.24, 2.45) is 0 Å². The van der Waals surface area contributed by atoms with Crippen LogP contribution >= 0.6 is 22.9 Å². The summed E-state index contributed by atoms with van der Waals surface area (Å²) in [5, 5.41) is 13.6. The molecule has 0 aromatic carbocycles. The van der Waals surface area contributed by atoms with Gasteiger partial charge in [0.1, 0.15) is 9.88 Å². The molecule has 1 amide bonds. The Morgan fingerprint density at radius 2 is 1.89 bits per heavy atom. The highest BCUT2D eigenvalue weighted by Crippen LogP contribution is 2.30. The summed E-state index contributed by atoms with van der Waals surface area (Å²) in [5.41, 5.74) is 0.573. The summed E-state index contributed by atoms with van der Waals surface area (Å²) >= 11 is 2.52. The van der Waals surface area contributed by atoms with E-state index in [2.05, 4.69) is 40.6 Å². The first-order chi connectivity index (χ1) is 8.80. The second kappa shape index (κ2) is 4.93. The number of aromatic nitrogens is 4. The van der Waals surface area contributed by atoms with Crippen LogP contribution in [-0.2, 0) is 5.41 Å². The van der Waals surface area contributed by atoms with Crippen molar-refractivity contribution >= 4 is 33.9 Å². The van der Waals surface area contributed by atoms with E-state index in [1.54, 1.807) is 14.0 Å². The average Bonchev–Trinajstić information content (AvgIpc) is 2.94. The van der Waals surface area contributed by atoms with E-state index < -0.39 is 0 Å². The monoisotopic (exact) mass is 297 g/mol. The molecule has 8 heteroatoms. The highest BCUT2D eigenvalue weighted by Gasteiger charge is 2.25. The molecule has 0 fully saturated rings. The van der Waals surface area contributed by atoms with Gasteiger partial charge in [-0.05, 0) is 18.5 Å². The van der Waals surface area contributed by atoms with Crippen LogP contribution in [0.3, 0.4) is 0 Å². The first kappa shape index (κ1) is 14.0. The summed E-state index contributed by atoms with van der Waals surface area (Å²) in [6.07, 6.45) is 0. The molecular weight excluding hydrogens is 282 g/mol. The van der Waals surface area contributed by atoms with Crippen molar-refractivity contribution in [3.05, 3.63) is 15.6 Å². The van der Waals surface area contributed by atoms with Gasteiger partial charge in [-0.25, -0.2) is 0 Å². The van der Waals surface area contributed by atoms with Gasteiger partial charge in [0.2, 0.25) is 5.13 Å². The molecule has 2 rings (SSSR count). The fourth-order valence-electron chi connectivity index (χ4n) is 1.32. The lowest BCUT2D eigenvalue weighted by atomic mass is 9.98. The van der Waals surface area contributed by atoms with Gasteiger partial charge in [-0.3, -0.25) is 9.69 Å². The van der Waals surface area contributed by atoms with E-state index in [-0.39, 0.29) is 11.3 Å². The van der Waals surface area contributed by atoms with Gasteiger partial charge in [0.15, 0.2) is 0 Å². The molecule has 0 saturated carbocycles. The molecule has 6 nitrogen and oxygen atoms in total. The Hall–Kier alpha value is -1.41. The van der Waals surface area contributed by atoms with E-state index >= 15 is 0 Å².